The van der Waals surface area contributed by atoms with E-state index in [4.69, 9.17) is 9.47 Å². The summed E-state index contributed by atoms with van der Waals surface area (Å²) in [7, 11) is 0. The van der Waals surface area contributed by atoms with Gasteiger partial charge in [-0.15, -0.1) is 0 Å². The Hall–Kier alpha value is -1.56. The molecule has 160 valence electrons. The molecule has 1 fully saturated rings. The summed E-state index contributed by atoms with van der Waals surface area (Å²) in [6.07, 6.45) is 2.41. The number of halogens is 1. The number of hydrogen-bond donors (Lipinski definition) is 0. The van der Waals surface area contributed by atoms with E-state index in [9.17, 15) is 9.59 Å². The third-order valence-electron chi connectivity index (χ3n) is 6.22. The van der Waals surface area contributed by atoms with Crippen molar-refractivity contribution < 1.29 is 19.1 Å². The highest BCUT2D eigenvalue weighted by Gasteiger charge is 2.49. The van der Waals surface area contributed by atoms with Gasteiger partial charge in [0, 0.05) is 23.0 Å². The Morgan fingerprint density at radius 2 is 1.93 bits per heavy atom. The molecular formula is C23H32BrNO4. The van der Waals surface area contributed by atoms with Gasteiger partial charge in [-0.25, -0.2) is 4.79 Å². The Bertz CT molecular complexity index is 778. The van der Waals surface area contributed by atoms with Crippen LogP contribution in [0.2, 0.25) is 0 Å². The molecule has 0 N–H and O–H groups in total. The average molecular weight is 466 g/mol. The second-order valence-electron chi connectivity index (χ2n) is 9.30. The van der Waals surface area contributed by atoms with Gasteiger partial charge >= 0.3 is 12.1 Å². The fraction of sp³-hybridized carbons (Fsp3) is 0.652. The van der Waals surface area contributed by atoms with Crippen LogP contribution >= 0.6 is 15.9 Å². The maximum atomic E-state index is 12.5. The van der Waals surface area contributed by atoms with Crippen molar-refractivity contribution in [2.75, 3.05) is 19.7 Å². The summed E-state index contributed by atoms with van der Waals surface area (Å²) >= 11 is 3.76. The summed E-state index contributed by atoms with van der Waals surface area (Å²) in [6.45, 7) is 11.2. The van der Waals surface area contributed by atoms with Gasteiger partial charge in [-0.05, 0) is 70.1 Å². The van der Waals surface area contributed by atoms with Crippen molar-refractivity contribution in [2.24, 2.45) is 5.92 Å². The molecule has 5 nitrogen and oxygen atoms in total. The predicted molar refractivity (Wildman–Crippen MR) is 116 cm³/mol. The SMILES string of the molecule is CCOC(=O)C(C)C1CC2(CCN(C(=O)OC(C)(C)C)CC2)c2c(Br)cccc21. The molecule has 1 amide bonds. The molecule has 1 heterocycles. The zero-order chi connectivity index (χ0) is 21.4. The Balaban J connectivity index is 1.83. The number of amides is 1. The zero-order valence-corrected chi connectivity index (χ0v) is 19.7. The van der Waals surface area contributed by atoms with E-state index in [1.165, 1.54) is 11.1 Å². The lowest BCUT2D eigenvalue weighted by Gasteiger charge is -2.41. The molecule has 1 aromatic carbocycles. The van der Waals surface area contributed by atoms with Crippen LogP contribution in [0.1, 0.15) is 70.9 Å². The van der Waals surface area contributed by atoms with Gasteiger partial charge < -0.3 is 14.4 Å². The number of likely N-dealkylation sites (tertiary alicyclic amines) is 1. The minimum Gasteiger partial charge on any atom is -0.466 e. The largest absolute Gasteiger partial charge is 0.466 e. The van der Waals surface area contributed by atoms with E-state index in [1.54, 1.807) is 0 Å². The van der Waals surface area contributed by atoms with E-state index in [0.717, 1.165) is 23.7 Å². The molecule has 0 bridgehead atoms. The molecule has 6 heteroatoms. The van der Waals surface area contributed by atoms with Crippen LogP contribution in [0.25, 0.3) is 0 Å². The normalized spacial score (nSPS) is 21.6. The van der Waals surface area contributed by atoms with Gasteiger partial charge in [0.05, 0.1) is 12.5 Å². The number of piperidine rings is 1. The summed E-state index contributed by atoms with van der Waals surface area (Å²) < 4.78 is 12.0. The zero-order valence-electron chi connectivity index (χ0n) is 18.1. The second kappa shape index (κ2) is 8.29. The highest BCUT2D eigenvalue weighted by atomic mass is 79.9. The molecule has 1 aromatic rings. The van der Waals surface area contributed by atoms with E-state index >= 15 is 0 Å². The number of benzene rings is 1. The number of ether oxygens (including phenoxy) is 2. The fourth-order valence-electron chi connectivity index (χ4n) is 4.82. The standard InChI is InChI=1S/C23H32BrNO4/c1-6-28-20(26)15(2)17-14-23(19-16(17)8-7-9-18(19)24)10-12-25(13-11-23)21(27)29-22(3,4)5/h7-9,15,17H,6,10-14H2,1-5H3. The Morgan fingerprint density at radius 3 is 2.52 bits per heavy atom. The Labute approximate surface area is 182 Å². The minimum atomic E-state index is -0.491. The van der Waals surface area contributed by atoms with Crippen LogP contribution < -0.4 is 0 Å². The van der Waals surface area contributed by atoms with Crippen molar-refractivity contribution in [1.29, 1.82) is 0 Å². The molecule has 2 unspecified atom stereocenters. The molecule has 0 radical (unpaired) electrons. The molecule has 1 aliphatic carbocycles. The topological polar surface area (TPSA) is 55.8 Å². The van der Waals surface area contributed by atoms with Crippen LogP contribution in [-0.4, -0.2) is 42.3 Å². The van der Waals surface area contributed by atoms with Gasteiger partial charge in [-0.1, -0.05) is 35.0 Å². The molecule has 1 spiro atoms. The van der Waals surface area contributed by atoms with Gasteiger partial charge in [-0.2, -0.15) is 0 Å². The summed E-state index contributed by atoms with van der Waals surface area (Å²) in [4.78, 5) is 26.8. The Morgan fingerprint density at radius 1 is 1.28 bits per heavy atom. The van der Waals surface area contributed by atoms with Crippen molar-refractivity contribution in [3.8, 4) is 0 Å². The number of rotatable bonds is 3. The van der Waals surface area contributed by atoms with Crippen LogP contribution in [-0.2, 0) is 19.7 Å². The minimum absolute atomic E-state index is 0.0284. The van der Waals surface area contributed by atoms with Crippen molar-refractivity contribution in [1.82, 2.24) is 4.90 Å². The number of esters is 1. The first kappa shape index (κ1) is 22.1. The fourth-order valence-corrected chi connectivity index (χ4v) is 5.63. The first-order valence-corrected chi connectivity index (χ1v) is 11.3. The van der Waals surface area contributed by atoms with E-state index in [2.05, 4.69) is 28.1 Å². The lowest BCUT2D eigenvalue weighted by atomic mass is 9.72. The first-order chi connectivity index (χ1) is 13.6. The van der Waals surface area contributed by atoms with Crippen LogP contribution in [0.3, 0.4) is 0 Å². The molecule has 3 rings (SSSR count). The Kier molecular flexibility index (Phi) is 6.32. The van der Waals surface area contributed by atoms with Gasteiger partial charge in [0.15, 0.2) is 0 Å². The molecule has 29 heavy (non-hydrogen) atoms. The first-order valence-electron chi connectivity index (χ1n) is 10.5. The maximum absolute atomic E-state index is 12.5. The van der Waals surface area contributed by atoms with Crippen LogP contribution in [0.15, 0.2) is 22.7 Å². The van der Waals surface area contributed by atoms with E-state index < -0.39 is 5.60 Å². The monoisotopic (exact) mass is 465 g/mol. The lowest BCUT2D eigenvalue weighted by Crippen LogP contribution is -2.46. The molecule has 0 saturated carbocycles. The summed E-state index contributed by atoms with van der Waals surface area (Å²) in [5.74, 6) is -0.187. The smallest absolute Gasteiger partial charge is 0.410 e. The predicted octanol–water partition coefficient (Wildman–Crippen LogP) is 5.40. The van der Waals surface area contributed by atoms with Crippen LogP contribution in [0, 0.1) is 5.92 Å². The van der Waals surface area contributed by atoms with Crippen molar-refractivity contribution >= 4 is 28.0 Å². The number of hydrogen-bond acceptors (Lipinski definition) is 4. The highest BCUT2D eigenvalue weighted by molar-refractivity contribution is 9.10. The van der Waals surface area contributed by atoms with Crippen molar-refractivity contribution in [2.45, 2.75) is 70.8 Å². The molecule has 1 saturated heterocycles. The summed E-state index contributed by atoms with van der Waals surface area (Å²) in [6, 6.07) is 6.27. The summed E-state index contributed by atoms with van der Waals surface area (Å²) in [5.41, 5.74) is 2.03. The van der Waals surface area contributed by atoms with Gasteiger partial charge in [0.2, 0.25) is 0 Å². The van der Waals surface area contributed by atoms with Crippen LogP contribution in [0.4, 0.5) is 4.79 Å². The molecule has 0 aromatic heterocycles. The number of carbonyl (C=O) groups is 2. The number of fused-ring (bicyclic) bond motifs is 2. The number of nitrogens with zero attached hydrogens (tertiary/aromatic N) is 1. The third kappa shape index (κ3) is 4.47. The third-order valence-corrected chi connectivity index (χ3v) is 6.88. The molecule has 1 aliphatic heterocycles. The average Bonchev–Trinajstić information content (AvgIpc) is 2.96. The molecular weight excluding hydrogens is 434 g/mol. The quantitative estimate of drug-likeness (QED) is 0.560. The molecule has 2 aliphatic rings. The number of carbonyl (C=O) groups excluding carboxylic acids is 2. The van der Waals surface area contributed by atoms with Crippen molar-refractivity contribution in [3.05, 3.63) is 33.8 Å². The van der Waals surface area contributed by atoms with E-state index in [-0.39, 0.29) is 29.3 Å². The van der Waals surface area contributed by atoms with Gasteiger partial charge in [0.25, 0.3) is 0 Å². The maximum Gasteiger partial charge on any atom is 0.410 e. The summed E-state index contributed by atoms with van der Waals surface area (Å²) in [5, 5.41) is 0. The van der Waals surface area contributed by atoms with E-state index in [1.807, 2.05) is 45.6 Å². The second-order valence-corrected chi connectivity index (χ2v) is 10.2. The van der Waals surface area contributed by atoms with E-state index in [0.29, 0.717) is 19.7 Å². The highest BCUT2D eigenvalue weighted by Crippen LogP contribution is 2.56. The van der Waals surface area contributed by atoms with Gasteiger partial charge in [0.1, 0.15) is 5.60 Å². The van der Waals surface area contributed by atoms with Gasteiger partial charge in [-0.3, -0.25) is 4.79 Å². The van der Waals surface area contributed by atoms with Crippen molar-refractivity contribution in [3.63, 3.8) is 0 Å². The van der Waals surface area contributed by atoms with Crippen LogP contribution in [0.5, 0.6) is 0 Å². The lowest BCUT2D eigenvalue weighted by molar-refractivity contribution is -0.148. The molecule has 2 atom stereocenters.